The first-order chi connectivity index (χ1) is 17.8. The Morgan fingerprint density at radius 3 is 2.19 bits per heavy atom. The third kappa shape index (κ3) is 5.75. The number of esters is 1. The van der Waals surface area contributed by atoms with E-state index in [-0.39, 0.29) is 15.5 Å². The summed E-state index contributed by atoms with van der Waals surface area (Å²) in [6.07, 6.45) is 1.57. The van der Waals surface area contributed by atoms with Gasteiger partial charge in [0.1, 0.15) is 10.6 Å². The van der Waals surface area contributed by atoms with Crippen LogP contribution in [0, 0.1) is 6.92 Å². The molecule has 0 aliphatic rings. The van der Waals surface area contributed by atoms with Crippen molar-refractivity contribution >= 4 is 45.5 Å². The van der Waals surface area contributed by atoms with Crippen molar-refractivity contribution in [2.24, 2.45) is 0 Å². The van der Waals surface area contributed by atoms with Gasteiger partial charge in [-0.2, -0.15) is 0 Å². The number of anilines is 2. The van der Waals surface area contributed by atoms with Crippen LogP contribution >= 0.6 is 11.3 Å². The molecule has 0 spiro atoms. The maximum atomic E-state index is 13.3. The molecule has 0 unspecified atom stereocenters. The molecule has 2 heterocycles. The minimum absolute atomic E-state index is 0.0318. The first kappa shape index (κ1) is 25.8. The molecule has 4 rings (SSSR count). The standard InChI is InChI=1S/C27H26N4O5S/c1-4-14-36-26(35)18-8-12-20(13-9-18)30-25(34)23-22(31-21(32)15-16(3)28-27(31)37-23)24(33)29-19-10-6-17(5-2)7-11-19/h6-13,15H,4-5,14H2,1-3H3,(H,29,33)(H,30,34). The minimum Gasteiger partial charge on any atom is -0.462 e. The van der Waals surface area contributed by atoms with Crippen LogP contribution in [0.4, 0.5) is 11.4 Å². The highest BCUT2D eigenvalue weighted by Gasteiger charge is 2.26. The van der Waals surface area contributed by atoms with Crippen LogP contribution in [0.25, 0.3) is 4.96 Å². The predicted molar refractivity (Wildman–Crippen MR) is 143 cm³/mol. The number of aryl methyl sites for hydroxylation is 2. The lowest BCUT2D eigenvalue weighted by Crippen LogP contribution is -2.25. The number of benzene rings is 2. The molecule has 0 aliphatic heterocycles. The van der Waals surface area contributed by atoms with Gasteiger partial charge >= 0.3 is 5.97 Å². The number of nitrogens with one attached hydrogen (secondary N) is 2. The highest BCUT2D eigenvalue weighted by molar-refractivity contribution is 7.19. The predicted octanol–water partition coefficient (Wildman–Crippen LogP) is 4.70. The van der Waals surface area contributed by atoms with Crippen LogP contribution in [0.15, 0.2) is 59.4 Å². The molecule has 37 heavy (non-hydrogen) atoms. The number of nitrogens with zero attached hydrogens (tertiary/aromatic N) is 2. The summed E-state index contributed by atoms with van der Waals surface area (Å²) >= 11 is 0.947. The van der Waals surface area contributed by atoms with Gasteiger partial charge in [-0.1, -0.05) is 37.3 Å². The fourth-order valence-electron chi connectivity index (χ4n) is 3.61. The zero-order valence-electron chi connectivity index (χ0n) is 20.7. The minimum atomic E-state index is -0.609. The van der Waals surface area contributed by atoms with E-state index in [0.29, 0.717) is 35.7 Å². The Kier molecular flexibility index (Phi) is 7.78. The molecular weight excluding hydrogens is 492 g/mol. The van der Waals surface area contributed by atoms with Crippen molar-refractivity contribution < 1.29 is 19.1 Å². The molecule has 2 N–H and O–H groups in total. The molecule has 2 aromatic carbocycles. The number of hydrogen-bond donors (Lipinski definition) is 2. The van der Waals surface area contributed by atoms with Gasteiger partial charge in [0, 0.05) is 23.1 Å². The van der Waals surface area contributed by atoms with E-state index in [1.807, 2.05) is 26.0 Å². The van der Waals surface area contributed by atoms with Crippen molar-refractivity contribution in [3.63, 3.8) is 0 Å². The van der Waals surface area contributed by atoms with E-state index >= 15 is 0 Å². The van der Waals surface area contributed by atoms with Crippen molar-refractivity contribution in [1.82, 2.24) is 9.38 Å². The number of rotatable bonds is 8. The quantitative estimate of drug-likeness (QED) is 0.327. The fourth-order valence-corrected chi connectivity index (χ4v) is 4.68. The van der Waals surface area contributed by atoms with E-state index in [9.17, 15) is 19.2 Å². The summed E-state index contributed by atoms with van der Waals surface area (Å²) in [6.45, 7) is 5.93. The van der Waals surface area contributed by atoms with Crippen molar-refractivity contribution in [1.29, 1.82) is 0 Å². The maximum Gasteiger partial charge on any atom is 0.338 e. The van der Waals surface area contributed by atoms with Gasteiger partial charge in [0.05, 0.1) is 12.2 Å². The summed E-state index contributed by atoms with van der Waals surface area (Å²) in [5, 5.41) is 5.51. The van der Waals surface area contributed by atoms with E-state index in [2.05, 4.69) is 15.6 Å². The number of amides is 2. The second-order valence-corrected chi connectivity index (χ2v) is 9.28. The molecule has 0 radical (unpaired) electrons. The molecule has 2 amide bonds. The third-order valence-corrected chi connectivity index (χ3v) is 6.54. The topological polar surface area (TPSA) is 119 Å². The Morgan fingerprint density at radius 2 is 1.57 bits per heavy atom. The second-order valence-electron chi connectivity index (χ2n) is 8.31. The van der Waals surface area contributed by atoms with E-state index in [1.54, 1.807) is 43.3 Å². The Balaban J connectivity index is 1.65. The van der Waals surface area contributed by atoms with Gasteiger partial charge in [-0.3, -0.25) is 14.4 Å². The molecule has 0 bridgehead atoms. The average molecular weight is 519 g/mol. The van der Waals surface area contributed by atoms with Gasteiger partial charge in [-0.05, 0) is 61.7 Å². The monoisotopic (exact) mass is 518 g/mol. The highest BCUT2D eigenvalue weighted by atomic mass is 32.1. The van der Waals surface area contributed by atoms with E-state index in [1.165, 1.54) is 6.07 Å². The summed E-state index contributed by atoms with van der Waals surface area (Å²) in [4.78, 5) is 56.1. The van der Waals surface area contributed by atoms with Gasteiger partial charge in [-0.25, -0.2) is 14.2 Å². The normalized spacial score (nSPS) is 10.8. The number of ether oxygens (including phenoxy) is 1. The largest absolute Gasteiger partial charge is 0.462 e. The van der Waals surface area contributed by atoms with Crippen LogP contribution in [0.1, 0.15) is 62.0 Å². The number of carbonyl (C=O) groups excluding carboxylic acids is 3. The number of fused-ring (bicyclic) bond motifs is 1. The third-order valence-electron chi connectivity index (χ3n) is 5.51. The molecule has 190 valence electrons. The lowest BCUT2D eigenvalue weighted by atomic mass is 10.1. The second kappa shape index (κ2) is 11.2. The van der Waals surface area contributed by atoms with Gasteiger partial charge in [0.25, 0.3) is 17.4 Å². The molecule has 0 aliphatic carbocycles. The first-order valence-corrected chi connectivity index (χ1v) is 12.6. The van der Waals surface area contributed by atoms with Crippen molar-refractivity contribution in [3.8, 4) is 0 Å². The smallest absolute Gasteiger partial charge is 0.338 e. The van der Waals surface area contributed by atoms with Crippen molar-refractivity contribution in [2.75, 3.05) is 17.2 Å². The van der Waals surface area contributed by atoms with Crippen LogP contribution in [0.5, 0.6) is 0 Å². The Hall–Kier alpha value is -4.31. The van der Waals surface area contributed by atoms with Crippen LogP contribution in [-0.2, 0) is 11.2 Å². The molecule has 0 saturated carbocycles. The number of thiazole rings is 1. The Bertz CT molecular complexity index is 1520. The Morgan fingerprint density at radius 1 is 0.946 bits per heavy atom. The van der Waals surface area contributed by atoms with Crippen LogP contribution in [0.3, 0.4) is 0 Å². The molecule has 4 aromatic rings. The van der Waals surface area contributed by atoms with E-state index in [0.717, 1.165) is 27.7 Å². The molecule has 10 heteroatoms. The van der Waals surface area contributed by atoms with Gasteiger partial charge in [-0.15, -0.1) is 0 Å². The van der Waals surface area contributed by atoms with Gasteiger partial charge < -0.3 is 15.4 Å². The summed E-state index contributed by atoms with van der Waals surface area (Å²) in [7, 11) is 0. The van der Waals surface area contributed by atoms with Crippen LogP contribution in [0.2, 0.25) is 0 Å². The van der Waals surface area contributed by atoms with Crippen LogP contribution in [-0.4, -0.2) is 33.8 Å². The zero-order chi connectivity index (χ0) is 26.5. The summed E-state index contributed by atoms with van der Waals surface area (Å²) in [6, 6.07) is 14.9. The zero-order valence-corrected chi connectivity index (χ0v) is 21.5. The lowest BCUT2D eigenvalue weighted by Gasteiger charge is -2.09. The fraction of sp³-hybridized carbons (Fsp3) is 0.222. The summed E-state index contributed by atoms with van der Waals surface area (Å²) < 4.78 is 6.27. The molecular formula is C27H26N4O5S. The van der Waals surface area contributed by atoms with Crippen molar-refractivity contribution in [2.45, 2.75) is 33.6 Å². The molecule has 0 fully saturated rings. The molecule has 2 aromatic heterocycles. The number of hydrogen-bond acceptors (Lipinski definition) is 7. The lowest BCUT2D eigenvalue weighted by molar-refractivity contribution is 0.0505. The average Bonchev–Trinajstić information content (AvgIpc) is 3.28. The summed E-state index contributed by atoms with van der Waals surface area (Å²) in [5.74, 6) is -1.64. The SMILES string of the molecule is CCCOC(=O)c1ccc(NC(=O)c2sc3nc(C)cc(=O)n3c2C(=O)Nc2ccc(CC)cc2)cc1. The molecule has 0 saturated heterocycles. The van der Waals surface area contributed by atoms with Crippen molar-refractivity contribution in [3.05, 3.63) is 92.3 Å². The van der Waals surface area contributed by atoms with Gasteiger partial charge in [0.15, 0.2) is 4.96 Å². The van der Waals surface area contributed by atoms with E-state index < -0.39 is 23.3 Å². The number of carbonyl (C=O) groups is 3. The van der Waals surface area contributed by atoms with E-state index in [4.69, 9.17) is 4.74 Å². The van der Waals surface area contributed by atoms with Gasteiger partial charge in [0.2, 0.25) is 0 Å². The Labute approximate surface area is 217 Å². The highest BCUT2D eigenvalue weighted by Crippen LogP contribution is 2.24. The summed E-state index contributed by atoms with van der Waals surface area (Å²) in [5.41, 5.74) is 2.33. The first-order valence-electron chi connectivity index (χ1n) is 11.8. The maximum absolute atomic E-state index is 13.3. The number of aromatic nitrogens is 2. The molecule has 9 nitrogen and oxygen atoms in total. The molecule has 0 atom stereocenters. The van der Waals surface area contributed by atoms with Crippen LogP contribution < -0.4 is 16.2 Å².